The van der Waals surface area contributed by atoms with Gasteiger partial charge in [0.1, 0.15) is 0 Å². The highest BCUT2D eigenvalue weighted by molar-refractivity contribution is 7.15. The largest absolute Gasteiger partial charge is 0.348 e. The van der Waals surface area contributed by atoms with Gasteiger partial charge in [-0.3, -0.25) is 0 Å². The van der Waals surface area contributed by atoms with Crippen LogP contribution in [-0.4, -0.2) is 25.1 Å². The molecule has 0 bridgehead atoms. The van der Waals surface area contributed by atoms with Crippen LogP contribution in [0.4, 0.5) is 5.13 Å². The number of nitrogens with zero attached hydrogens (tertiary/aromatic N) is 2. The van der Waals surface area contributed by atoms with Gasteiger partial charge in [-0.2, -0.15) is 0 Å². The standard InChI is InChI=1S/C15H27N3S/c1-10(2)14-13(7-16-5)19-15(17-14)18-8-11(3)6-12(4)9-18/h10-12,16H,6-9H2,1-5H3. The Labute approximate surface area is 121 Å². The highest BCUT2D eigenvalue weighted by Crippen LogP contribution is 2.34. The SMILES string of the molecule is CNCc1sc(N2CC(C)CC(C)C2)nc1C(C)C. The van der Waals surface area contributed by atoms with E-state index in [2.05, 4.69) is 37.9 Å². The average molecular weight is 281 g/mol. The van der Waals surface area contributed by atoms with E-state index < -0.39 is 0 Å². The fourth-order valence-electron chi connectivity index (χ4n) is 3.04. The lowest BCUT2D eigenvalue weighted by molar-refractivity contribution is 0.356. The molecule has 2 atom stereocenters. The molecule has 1 saturated heterocycles. The van der Waals surface area contributed by atoms with Crippen LogP contribution in [0.25, 0.3) is 0 Å². The molecule has 1 N–H and O–H groups in total. The van der Waals surface area contributed by atoms with Crippen LogP contribution in [0.15, 0.2) is 0 Å². The fraction of sp³-hybridized carbons (Fsp3) is 0.800. The van der Waals surface area contributed by atoms with E-state index in [9.17, 15) is 0 Å². The maximum atomic E-state index is 4.93. The van der Waals surface area contributed by atoms with Gasteiger partial charge < -0.3 is 10.2 Å². The van der Waals surface area contributed by atoms with Crippen molar-refractivity contribution in [2.75, 3.05) is 25.0 Å². The summed E-state index contributed by atoms with van der Waals surface area (Å²) in [7, 11) is 2.01. The molecule has 1 aromatic heterocycles. The minimum absolute atomic E-state index is 0.507. The lowest BCUT2D eigenvalue weighted by Crippen LogP contribution is -2.38. The Morgan fingerprint density at radius 2 is 1.95 bits per heavy atom. The van der Waals surface area contributed by atoms with Crippen molar-refractivity contribution in [3.63, 3.8) is 0 Å². The molecule has 3 nitrogen and oxygen atoms in total. The minimum Gasteiger partial charge on any atom is -0.348 e. The van der Waals surface area contributed by atoms with Crippen LogP contribution in [0.3, 0.4) is 0 Å². The Kier molecular flexibility index (Phi) is 4.85. The van der Waals surface area contributed by atoms with E-state index in [0.29, 0.717) is 5.92 Å². The van der Waals surface area contributed by atoms with Crippen molar-refractivity contribution in [1.29, 1.82) is 0 Å². The van der Waals surface area contributed by atoms with Crippen molar-refractivity contribution in [3.05, 3.63) is 10.6 Å². The van der Waals surface area contributed by atoms with Crippen LogP contribution >= 0.6 is 11.3 Å². The summed E-state index contributed by atoms with van der Waals surface area (Å²) in [6, 6.07) is 0. The normalized spacial score (nSPS) is 24.2. The lowest BCUT2D eigenvalue weighted by Gasteiger charge is -2.34. The second-order valence-corrected chi connectivity index (χ2v) is 7.40. The molecule has 2 heterocycles. The first-order valence-corrected chi connectivity index (χ1v) is 8.22. The molecule has 0 spiro atoms. The lowest BCUT2D eigenvalue weighted by atomic mass is 9.92. The van der Waals surface area contributed by atoms with Gasteiger partial charge in [0.2, 0.25) is 0 Å². The monoisotopic (exact) mass is 281 g/mol. The molecule has 1 aliphatic rings. The highest BCUT2D eigenvalue weighted by Gasteiger charge is 2.25. The summed E-state index contributed by atoms with van der Waals surface area (Å²) >= 11 is 1.88. The second-order valence-electron chi connectivity index (χ2n) is 6.34. The third-order valence-corrected chi connectivity index (χ3v) is 4.87. The molecule has 4 heteroatoms. The van der Waals surface area contributed by atoms with E-state index in [1.807, 2.05) is 18.4 Å². The van der Waals surface area contributed by atoms with E-state index in [1.54, 1.807) is 0 Å². The first kappa shape index (κ1) is 14.8. The molecule has 0 aliphatic carbocycles. The van der Waals surface area contributed by atoms with Crippen LogP contribution in [0.2, 0.25) is 0 Å². The van der Waals surface area contributed by atoms with Crippen molar-refractivity contribution in [1.82, 2.24) is 10.3 Å². The summed E-state index contributed by atoms with van der Waals surface area (Å²) in [6.45, 7) is 12.4. The maximum Gasteiger partial charge on any atom is 0.185 e. The Morgan fingerprint density at radius 1 is 1.32 bits per heavy atom. The number of hydrogen-bond donors (Lipinski definition) is 1. The van der Waals surface area contributed by atoms with Crippen molar-refractivity contribution >= 4 is 16.5 Å². The zero-order valence-corrected chi connectivity index (χ0v) is 13.7. The summed E-state index contributed by atoms with van der Waals surface area (Å²) in [4.78, 5) is 8.82. The number of anilines is 1. The fourth-order valence-corrected chi connectivity index (χ4v) is 4.29. The Balaban J connectivity index is 2.22. The Hall–Kier alpha value is -0.610. The van der Waals surface area contributed by atoms with Gasteiger partial charge in [-0.05, 0) is 31.2 Å². The van der Waals surface area contributed by atoms with Gasteiger partial charge in [-0.15, -0.1) is 11.3 Å². The molecule has 1 fully saturated rings. The van der Waals surface area contributed by atoms with E-state index >= 15 is 0 Å². The van der Waals surface area contributed by atoms with Gasteiger partial charge in [-0.25, -0.2) is 4.98 Å². The molecule has 0 amide bonds. The van der Waals surface area contributed by atoms with Crippen LogP contribution in [-0.2, 0) is 6.54 Å². The zero-order chi connectivity index (χ0) is 14.0. The Morgan fingerprint density at radius 3 is 2.47 bits per heavy atom. The minimum atomic E-state index is 0.507. The van der Waals surface area contributed by atoms with E-state index in [4.69, 9.17) is 4.98 Å². The van der Waals surface area contributed by atoms with E-state index in [0.717, 1.165) is 31.5 Å². The molecular weight excluding hydrogens is 254 g/mol. The third-order valence-electron chi connectivity index (χ3n) is 3.74. The van der Waals surface area contributed by atoms with Crippen molar-refractivity contribution < 1.29 is 0 Å². The summed E-state index contributed by atoms with van der Waals surface area (Å²) in [5.74, 6) is 2.07. The molecule has 2 unspecified atom stereocenters. The number of aromatic nitrogens is 1. The molecule has 1 aliphatic heterocycles. The number of rotatable bonds is 4. The van der Waals surface area contributed by atoms with Crippen LogP contribution in [0, 0.1) is 11.8 Å². The molecule has 0 aromatic carbocycles. The van der Waals surface area contributed by atoms with Gasteiger partial charge in [0.05, 0.1) is 5.69 Å². The maximum absolute atomic E-state index is 4.93. The highest BCUT2D eigenvalue weighted by atomic mass is 32.1. The van der Waals surface area contributed by atoms with Gasteiger partial charge >= 0.3 is 0 Å². The van der Waals surface area contributed by atoms with Crippen molar-refractivity contribution in [3.8, 4) is 0 Å². The van der Waals surface area contributed by atoms with Gasteiger partial charge in [0.15, 0.2) is 5.13 Å². The predicted molar refractivity (Wildman–Crippen MR) is 84.1 cm³/mol. The molecule has 0 radical (unpaired) electrons. The van der Waals surface area contributed by atoms with Gasteiger partial charge in [-0.1, -0.05) is 27.7 Å². The average Bonchev–Trinajstić information content (AvgIpc) is 2.72. The number of hydrogen-bond acceptors (Lipinski definition) is 4. The van der Waals surface area contributed by atoms with E-state index in [-0.39, 0.29) is 0 Å². The molecule has 19 heavy (non-hydrogen) atoms. The predicted octanol–water partition coefficient (Wildman–Crippen LogP) is 3.47. The number of piperidine rings is 1. The molecule has 2 rings (SSSR count). The first-order valence-electron chi connectivity index (χ1n) is 7.40. The summed E-state index contributed by atoms with van der Waals surface area (Å²) in [6.07, 6.45) is 1.35. The van der Waals surface area contributed by atoms with Gasteiger partial charge in [0, 0.05) is 24.5 Å². The van der Waals surface area contributed by atoms with Crippen molar-refractivity contribution in [2.45, 2.75) is 46.6 Å². The smallest absolute Gasteiger partial charge is 0.185 e. The van der Waals surface area contributed by atoms with E-state index in [1.165, 1.54) is 22.1 Å². The topological polar surface area (TPSA) is 28.2 Å². The molecular formula is C15H27N3S. The third kappa shape index (κ3) is 3.48. The number of thiazole rings is 1. The van der Waals surface area contributed by atoms with Crippen LogP contribution in [0.1, 0.15) is 50.6 Å². The quantitative estimate of drug-likeness (QED) is 0.916. The molecule has 1 aromatic rings. The summed E-state index contributed by atoms with van der Waals surface area (Å²) in [5.41, 5.74) is 1.28. The zero-order valence-electron chi connectivity index (χ0n) is 12.9. The van der Waals surface area contributed by atoms with Crippen LogP contribution < -0.4 is 10.2 Å². The second kappa shape index (κ2) is 6.23. The number of nitrogens with one attached hydrogen (secondary N) is 1. The molecule has 0 saturated carbocycles. The molecule has 108 valence electrons. The van der Waals surface area contributed by atoms with Gasteiger partial charge in [0.25, 0.3) is 0 Å². The summed E-state index contributed by atoms with van der Waals surface area (Å²) in [5, 5.41) is 4.49. The Bertz CT molecular complexity index is 404. The summed E-state index contributed by atoms with van der Waals surface area (Å²) < 4.78 is 0. The first-order chi connectivity index (χ1) is 9.01. The van der Waals surface area contributed by atoms with Crippen LogP contribution in [0.5, 0.6) is 0 Å². The van der Waals surface area contributed by atoms with Crippen molar-refractivity contribution in [2.24, 2.45) is 11.8 Å².